The Morgan fingerprint density at radius 2 is 1.90 bits per heavy atom. The van der Waals surface area contributed by atoms with Gasteiger partial charge in [0.05, 0.1) is 10.5 Å². The molecule has 1 saturated heterocycles. The first-order valence-corrected chi connectivity index (χ1v) is 12.0. The monoisotopic (exact) mass is 461 g/mol. The second kappa shape index (κ2) is 9.00. The SMILES string of the molecule is CN1CCN(CCOc2ccc(Cl)cc2C(=O)Nc2ccc3c(c2)S(=O)(=O)C=C3)CC1. The Hall–Kier alpha value is -2.39. The van der Waals surface area contributed by atoms with Crippen LogP contribution in [-0.4, -0.2) is 70.5 Å². The van der Waals surface area contributed by atoms with E-state index in [1.165, 1.54) is 6.07 Å². The molecule has 0 saturated carbocycles. The fraction of sp³-hybridized carbons (Fsp3) is 0.318. The zero-order valence-electron chi connectivity index (χ0n) is 17.2. The standard InChI is InChI=1S/C22H24ClN3O4S/c1-25-7-9-26(10-8-25)11-12-30-20-5-3-17(23)14-19(20)22(27)24-18-4-2-16-6-13-31(28,29)21(16)15-18/h2-6,13-15H,7-12H2,1H3,(H,24,27). The predicted octanol–water partition coefficient (Wildman–Crippen LogP) is 2.98. The van der Waals surface area contributed by atoms with Crippen molar-refractivity contribution >= 4 is 39.1 Å². The minimum absolute atomic E-state index is 0.181. The highest BCUT2D eigenvalue weighted by molar-refractivity contribution is 7.94. The quantitative estimate of drug-likeness (QED) is 0.712. The highest BCUT2D eigenvalue weighted by Gasteiger charge is 2.22. The summed E-state index contributed by atoms with van der Waals surface area (Å²) in [6.07, 6.45) is 1.54. The van der Waals surface area contributed by atoms with Crippen molar-refractivity contribution in [2.45, 2.75) is 4.90 Å². The summed E-state index contributed by atoms with van der Waals surface area (Å²) in [4.78, 5) is 17.7. The van der Waals surface area contributed by atoms with Crippen LogP contribution in [-0.2, 0) is 9.84 Å². The van der Waals surface area contributed by atoms with Crippen LogP contribution in [0.2, 0.25) is 5.02 Å². The summed E-state index contributed by atoms with van der Waals surface area (Å²) < 4.78 is 30.1. The third kappa shape index (κ3) is 5.10. The molecule has 0 aromatic heterocycles. The van der Waals surface area contributed by atoms with Gasteiger partial charge in [-0.15, -0.1) is 0 Å². The van der Waals surface area contributed by atoms with Crippen molar-refractivity contribution < 1.29 is 17.9 Å². The first-order valence-electron chi connectivity index (χ1n) is 10.0. The molecule has 2 aromatic carbocycles. The van der Waals surface area contributed by atoms with Crippen LogP contribution in [0.3, 0.4) is 0 Å². The molecule has 0 radical (unpaired) electrons. The van der Waals surface area contributed by atoms with E-state index in [1.807, 2.05) is 0 Å². The lowest BCUT2D eigenvalue weighted by atomic mass is 10.1. The molecule has 4 rings (SSSR count). The normalized spacial score (nSPS) is 18.0. The van der Waals surface area contributed by atoms with Gasteiger partial charge in [0, 0.05) is 48.8 Å². The number of fused-ring (bicyclic) bond motifs is 1. The maximum absolute atomic E-state index is 12.9. The molecule has 164 valence electrons. The Labute approximate surface area is 187 Å². The molecular formula is C22H24ClN3O4S. The van der Waals surface area contributed by atoms with Gasteiger partial charge >= 0.3 is 0 Å². The number of ether oxygens (including phenoxy) is 1. The first kappa shape index (κ1) is 21.8. The van der Waals surface area contributed by atoms with Crippen molar-refractivity contribution in [3.8, 4) is 5.75 Å². The number of nitrogens with zero attached hydrogens (tertiary/aromatic N) is 2. The maximum atomic E-state index is 12.9. The van der Waals surface area contributed by atoms with Crippen LogP contribution in [0, 0.1) is 0 Å². The molecule has 0 bridgehead atoms. The number of hydrogen-bond donors (Lipinski definition) is 1. The molecule has 0 spiro atoms. The minimum Gasteiger partial charge on any atom is -0.491 e. The number of sulfone groups is 1. The zero-order valence-corrected chi connectivity index (χ0v) is 18.7. The van der Waals surface area contributed by atoms with E-state index in [2.05, 4.69) is 22.2 Å². The summed E-state index contributed by atoms with van der Waals surface area (Å²) in [7, 11) is -1.34. The van der Waals surface area contributed by atoms with E-state index in [-0.39, 0.29) is 4.90 Å². The van der Waals surface area contributed by atoms with Gasteiger partial charge in [-0.3, -0.25) is 9.69 Å². The summed E-state index contributed by atoms with van der Waals surface area (Å²) in [5.74, 6) is 0.0203. The van der Waals surface area contributed by atoms with Crippen LogP contribution < -0.4 is 10.1 Å². The van der Waals surface area contributed by atoms with Gasteiger partial charge in [0.25, 0.3) is 5.91 Å². The molecule has 0 aliphatic carbocycles. The Bertz CT molecular complexity index is 1130. The van der Waals surface area contributed by atoms with Crippen LogP contribution in [0.5, 0.6) is 5.75 Å². The van der Waals surface area contributed by atoms with Crippen LogP contribution in [0.15, 0.2) is 46.7 Å². The molecule has 2 heterocycles. The molecule has 1 fully saturated rings. The lowest BCUT2D eigenvalue weighted by Gasteiger charge is -2.32. The fourth-order valence-electron chi connectivity index (χ4n) is 3.59. The van der Waals surface area contributed by atoms with E-state index in [0.717, 1.165) is 38.1 Å². The lowest BCUT2D eigenvalue weighted by Crippen LogP contribution is -2.45. The Balaban J connectivity index is 1.44. The summed E-state index contributed by atoms with van der Waals surface area (Å²) in [6.45, 7) is 5.26. The summed E-state index contributed by atoms with van der Waals surface area (Å²) in [5.41, 5.74) is 1.29. The number of nitrogens with one attached hydrogen (secondary N) is 1. The highest BCUT2D eigenvalue weighted by Crippen LogP contribution is 2.30. The van der Waals surface area contributed by atoms with E-state index in [4.69, 9.17) is 16.3 Å². The number of anilines is 1. The molecule has 0 unspecified atom stereocenters. The van der Waals surface area contributed by atoms with E-state index >= 15 is 0 Å². The van der Waals surface area contributed by atoms with Gasteiger partial charge in [0.15, 0.2) is 0 Å². The number of likely N-dealkylation sites (N-methyl/N-ethyl adjacent to an activating group) is 1. The van der Waals surface area contributed by atoms with Gasteiger partial charge in [-0.25, -0.2) is 8.42 Å². The van der Waals surface area contributed by atoms with E-state index < -0.39 is 15.7 Å². The maximum Gasteiger partial charge on any atom is 0.259 e. The molecule has 0 atom stereocenters. The molecule has 2 aromatic rings. The largest absolute Gasteiger partial charge is 0.491 e. The molecule has 2 aliphatic rings. The number of rotatable bonds is 6. The average Bonchev–Trinajstić information content (AvgIpc) is 3.05. The summed E-state index contributed by atoms with van der Waals surface area (Å²) in [6, 6.07) is 9.70. The number of hydrogen-bond acceptors (Lipinski definition) is 6. The predicted molar refractivity (Wildman–Crippen MR) is 121 cm³/mol. The second-order valence-electron chi connectivity index (χ2n) is 7.69. The molecule has 31 heavy (non-hydrogen) atoms. The molecule has 1 N–H and O–H groups in total. The van der Waals surface area contributed by atoms with Gasteiger partial charge in [-0.1, -0.05) is 17.7 Å². The number of amides is 1. The highest BCUT2D eigenvalue weighted by atomic mass is 35.5. The smallest absolute Gasteiger partial charge is 0.259 e. The summed E-state index contributed by atoms with van der Waals surface area (Å²) >= 11 is 6.11. The van der Waals surface area contributed by atoms with Crippen molar-refractivity contribution in [1.82, 2.24) is 9.80 Å². The Morgan fingerprint density at radius 1 is 1.13 bits per heavy atom. The van der Waals surface area contributed by atoms with Crippen molar-refractivity contribution in [2.24, 2.45) is 0 Å². The Morgan fingerprint density at radius 3 is 2.68 bits per heavy atom. The third-order valence-corrected chi connectivity index (χ3v) is 7.15. The number of halogens is 1. The van der Waals surface area contributed by atoms with Gasteiger partial charge in [-0.05, 0) is 49.0 Å². The van der Waals surface area contributed by atoms with Gasteiger partial charge in [-0.2, -0.15) is 0 Å². The molecule has 1 amide bonds. The molecule has 9 heteroatoms. The Kier molecular flexibility index (Phi) is 6.34. The van der Waals surface area contributed by atoms with Gasteiger partial charge in [0.1, 0.15) is 12.4 Å². The molecule has 2 aliphatic heterocycles. The van der Waals surface area contributed by atoms with Crippen molar-refractivity contribution in [2.75, 3.05) is 51.7 Å². The number of piperazine rings is 1. The van der Waals surface area contributed by atoms with Crippen LogP contribution in [0.1, 0.15) is 15.9 Å². The zero-order chi connectivity index (χ0) is 22.0. The number of carbonyl (C=O) groups excluding carboxylic acids is 1. The first-order chi connectivity index (χ1) is 14.8. The van der Waals surface area contributed by atoms with Crippen LogP contribution in [0.4, 0.5) is 5.69 Å². The van der Waals surface area contributed by atoms with Crippen molar-refractivity contribution in [3.05, 3.63) is 58.0 Å². The minimum atomic E-state index is -3.45. The second-order valence-corrected chi connectivity index (χ2v) is 9.93. The van der Waals surface area contributed by atoms with Crippen molar-refractivity contribution in [3.63, 3.8) is 0 Å². The van der Waals surface area contributed by atoms with Crippen LogP contribution >= 0.6 is 11.6 Å². The topological polar surface area (TPSA) is 79.0 Å². The number of benzene rings is 2. The van der Waals surface area contributed by atoms with E-state index in [0.29, 0.717) is 34.2 Å². The number of carbonyl (C=O) groups is 1. The molecule has 7 nitrogen and oxygen atoms in total. The average molecular weight is 462 g/mol. The third-order valence-electron chi connectivity index (χ3n) is 5.45. The molecular weight excluding hydrogens is 438 g/mol. The van der Waals surface area contributed by atoms with Gasteiger partial charge in [0.2, 0.25) is 9.84 Å². The lowest BCUT2D eigenvalue weighted by molar-refractivity contribution is 0.102. The van der Waals surface area contributed by atoms with E-state index in [9.17, 15) is 13.2 Å². The van der Waals surface area contributed by atoms with Crippen LogP contribution in [0.25, 0.3) is 6.08 Å². The van der Waals surface area contributed by atoms with Crippen molar-refractivity contribution in [1.29, 1.82) is 0 Å². The van der Waals surface area contributed by atoms with E-state index in [1.54, 1.807) is 36.4 Å². The summed E-state index contributed by atoms with van der Waals surface area (Å²) in [5, 5.41) is 4.33. The fourth-order valence-corrected chi connectivity index (χ4v) is 4.99. The van der Waals surface area contributed by atoms with Gasteiger partial charge < -0.3 is 15.0 Å².